The molecule has 9 nitrogen and oxygen atoms in total. The van der Waals surface area contributed by atoms with Crippen LogP contribution in [-0.4, -0.2) is 37.5 Å². The van der Waals surface area contributed by atoms with Crippen LogP contribution in [0.3, 0.4) is 0 Å². The Balaban J connectivity index is 1.95. The van der Waals surface area contributed by atoms with Gasteiger partial charge in [0.15, 0.2) is 22.4 Å². The van der Waals surface area contributed by atoms with E-state index in [0.717, 1.165) is 22.9 Å². The number of rotatable bonds is 8. The molecule has 0 spiro atoms. The molecule has 0 unspecified atom stereocenters. The van der Waals surface area contributed by atoms with Gasteiger partial charge in [-0.3, -0.25) is 19.3 Å². The van der Waals surface area contributed by atoms with Crippen LogP contribution in [0.15, 0.2) is 63.4 Å². The first-order valence-corrected chi connectivity index (χ1v) is 12.3. The third-order valence-electron chi connectivity index (χ3n) is 4.60. The molecule has 0 aliphatic rings. The number of carbonyl (C=O) groups excluding carboxylic acids is 1. The molecule has 0 saturated heterocycles. The second-order valence-electron chi connectivity index (χ2n) is 6.91. The van der Waals surface area contributed by atoms with E-state index in [-0.39, 0.29) is 27.2 Å². The maximum Gasteiger partial charge on any atom is 0.278 e. The van der Waals surface area contributed by atoms with E-state index < -0.39 is 27.1 Å². The first-order valence-electron chi connectivity index (χ1n) is 9.58. The summed E-state index contributed by atoms with van der Waals surface area (Å²) in [5, 5.41) is 0.242. The van der Waals surface area contributed by atoms with Gasteiger partial charge in [0.05, 0.1) is 7.11 Å². The summed E-state index contributed by atoms with van der Waals surface area (Å²) in [5.74, 6) is -0.692. The molecule has 3 aromatic rings. The number of aromatic nitrogens is 2. The monoisotopic (exact) mass is 486 g/mol. The van der Waals surface area contributed by atoms with Gasteiger partial charge in [-0.05, 0) is 43.0 Å². The van der Waals surface area contributed by atoms with E-state index in [9.17, 15) is 18.0 Å². The Morgan fingerprint density at radius 3 is 2.52 bits per heavy atom. The molecule has 172 valence electrons. The zero-order chi connectivity index (χ0) is 24.2. The molecule has 0 saturated carbocycles. The van der Waals surface area contributed by atoms with Crippen molar-refractivity contribution >= 4 is 45.1 Å². The zero-order valence-corrected chi connectivity index (χ0v) is 19.7. The van der Waals surface area contributed by atoms with Gasteiger partial charge in [-0.25, -0.2) is 13.4 Å². The maximum absolute atomic E-state index is 13.1. The molecular formula is C22H22N4O5S2. The number of hydrogen-bond donors (Lipinski definition) is 3. The summed E-state index contributed by atoms with van der Waals surface area (Å²) >= 11 is 1.15. The van der Waals surface area contributed by atoms with Crippen molar-refractivity contribution in [3.8, 4) is 5.75 Å². The Bertz CT molecular complexity index is 1380. The van der Waals surface area contributed by atoms with Crippen LogP contribution in [0.1, 0.15) is 21.5 Å². The first kappa shape index (κ1) is 24.1. The minimum absolute atomic E-state index is 0.00902. The molecule has 0 amide bonds. The average molecular weight is 487 g/mol. The Morgan fingerprint density at radius 2 is 1.91 bits per heavy atom. The first-order chi connectivity index (χ1) is 15.6. The minimum atomic E-state index is -4.35. The summed E-state index contributed by atoms with van der Waals surface area (Å²) in [7, 11) is -3.05. The van der Waals surface area contributed by atoms with E-state index >= 15 is 0 Å². The van der Waals surface area contributed by atoms with E-state index in [1.165, 1.54) is 31.4 Å². The number of aromatic amines is 1. The van der Waals surface area contributed by atoms with Crippen LogP contribution in [0.25, 0.3) is 6.08 Å². The predicted molar refractivity (Wildman–Crippen MR) is 129 cm³/mol. The Kier molecular flexibility index (Phi) is 7.24. The van der Waals surface area contributed by atoms with Crippen molar-refractivity contribution in [3.05, 3.63) is 75.6 Å². The fraction of sp³-hybridized carbons (Fsp3) is 0.136. The molecule has 0 atom stereocenters. The Morgan fingerprint density at radius 1 is 1.21 bits per heavy atom. The van der Waals surface area contributed by atoms with Gasteiger partial charge in [0.1, 0.15) is 10.6 Å². The van der Waals surface area contributed by atoms with Crippen LogP contribution in [-0.2, 0) is 10.0 Å². The summed E-state index contributed by atoms with van der Waals surface area (Å²) in [6, 6.07) is 11.6. The van der Waals surface area contributed by atoms with Gasteiger partial charge in [-0.1, -0.05) is 47.7 Å². The molecule has 2 aromatic carbocycles. The van der Waals surface area contributed by atoms with Crippen molar-refractivity contribution in [2.24, 2.45) is 0 Å². The van der Waals surface area contributed by atoms with Crippen LogP contribution in [0.5, 0.6) is 5.75 Å². The molecule has 0 aliphatic carbocycles. The third-order valence-corrected chi connectivity index (χ3v) is 6.55. The number of benzene rings is 2. The molecule has 1 aromatic heterocycles. The van der Waals surface area contributed by atoms with Crippen molar-refractivity contribution in [1.29, 1.82) is 0 Å². The van der Waals surface area contributed by atoms with Crippen LogP contribution < -0.4 is 20.8 Å². The van der Waals surface area contributed by atoms with Gasteiger partial charge in [-0.15, -0.1) is 0 Å². The van der Waals surface area contributed by atoms with Gasteiger partial charge in [0.2, 0.25) is 0 Å². The van der Waals surface area contributed by atoms with E-state index in [4.69, 9.17) is 10.5 Å². The number of allylic oxidation sites excluding steroid dienone is 1. The van der Waals surface area contributed by atoms with Gasteiger partial charge >= 0.3 is 0 Å². The van der Waals surface area contributed by atoms with Crippen molar-refractivity contribution in [2.45, 2.75) is 17.0 Å². The largest absolute Gasteiger partial charge is 0.495 e. The number of ether oxygens (including phenoxy) is 1. The van der Waals surface area contributed by atoms with Gasteiger partial charge in [0, 0.05) is 5.56 Å². The highest BCUT2D eigenvalue weighted by Crippen LogP contribution is 2.28. The fourth-order valence-corrected chi connectivity index (χ4v) is 4.50. The summed E-state index contributed by atoms with van der Waals surface area (Å²) in [4.78, 5) is 31.0. The average Bonchev–Trinajstić information content (AvgIpc) is 2.80. The number of anilines is 2. The molecule has 33 heavy (non-hydrogen) atoms. The quantitative estimate of drug-likeness (QED) is 0.191. The molecule has 0 bridgehead atoms. The van der Waals surface area contributed by atoms with Gasteiger partial charge in [0.25, 0.3) is 15.6 Å². The normalized spacial score (nSPS) is 11.5. The lowest BCUT2D eigenvalue weighted by Crippen LogP contribution is -2.23. The summed E-state index contributed by atoms with van der Waals surface area (Å²) < 4.78 is 33.4. The summed E-state index contributed by atoms with van der Waals surface area (Å²) in [5.41, 5.74) is 6.64. The topological polar surface area (TPSA) is 144 Å². The Hall–Kier alpha value is -3.57. The Labute approximate surface area is 195 Å². The number of nitrogens with two attached hydrogens (primary N) is 1. The van der Waals surface area contributed by atoms with E-state index in [2.05, 4.69) is 14.7 Å². The SMILES string of the molecule is COc1ccc(C(=O)/C=C/c2ccc(C)cc2)cc1S(=O)(=O)Nc1c(N)nc(SC)[nH]c1=O. The minimum Gasteiger partial charge on any atom is -0.495 e. The number of methoxy groups -OCH3 is 1. The smallest absolute Gasteiger partial charge is 0.278 e. The van der Waals surface area contributed by atoms with Crippen molar-refractivity contribution in [1.82, 2.24) is 9.97 Å². The summed E-state index contributed by atoms with van der Waals surface area (Å²) in [6.07, 6.45) is 4.67. The number of aryl methyl sites for hydroxylation is 1. The van der Waals surface area contributed by atoms with E-state index in [1.54, 1.807) is 12.3 Å². The molecule has 4 N–H and O–H groups in total. The number of sulfonamides is 1. The van der Waals surface area contributed by atoms with Crippen LogP contribution >= 0.6 is 11.8 Å². The molecule has 0 fully saturated rings. The lowest BCUT2D eigenvalue weighted by molar-refractivity contribution is 0.104. The van der Waals surface area contributed by atoms with E-state index in [0.29, 0.717) is 0 Å². The number of nitrogens with zero attached hydrogens (tertiary/aromatic N) is 1. The highest BCUT2D eigenvalue weighted by Gasteiger charge is 2.24. The number of hydrogen-bond acceptors (Lipinski definition) is 8. The summed E-state index contributed by atoms with van der Waals surface area (Å²) in [6.45, 7) is 1.96. The van der Waals surface area contributed by atoms with Crippen LogP contribution in [0, 0.1) is 6.92 Å². The second-order valence-corrected chi connectivity index (χ2v) is 9.36. The fourth-order valence-electron chi connectivity index (χ4n) is 2.84. The van der Waals surface area contributed by atoms with Crippen molar-refractivity contribution in [2.75, 3.05) is 23.8 Å². The lowest BCUT2D eigenvalue weighted by atomic mass is 10.1. The molecule has 0 aliphatic heterocycles. The van der Waals surface area contributed by atoms with Gasteiger partial charge < -0.3 is 10.5 Å². The standard InChI is InChI=1S/C22H22N4O5S2/c1-13-4-6-14(7-5-13)8-10-16(27)15-9-11-17(31-2)18(12-15)33(29,30)26-19-20(23)24-22(32-3)25-21(19)28/h4-12,26H,1-3H3,(H3,23,24,25,28)/b10-8+. The molecule has 1 heterocycles. The third kappa shape index (κ3) is 5.62. The molecule has 0 radical (unpaired) electrons. The molecular weight excluding hydrogens is 464 g/mol. The molecule has 3 rings (SSSR count). The number of nitrogens with one attached hydrogen (secondary N) is 2. The van der Waals surface area contributed by atoms with Gasteiger partial charge in [-0.2, -0.15) is 0 Å². The van der Waals surface area contributed by atoms with Crippen molar-refractivity contribution in [3.63, 3.8) is 0 Å². The number of ketones is 1. The second kappa shape index (κ2) is 9.92. The van der Waals surface area contributed by atoms with Crippen LogP contribution in [0.4, 0.5) is 11.5 Å². The van der Waals surface area contributed by atoms with Crippen LogP contribution in [0.2, 0.25) is 0 Å². The maximum atomic E-state index is 13.1. The highest BCUT2D eigenvalue weighted by molar-refractivity contribution is 7.98. The lowest BCUT2D eigenvalue weighted by Gasteiger charge is -2.13. The molecule has 11 heteroatoms. The predicted octanol–water partition coefficient (Wildman–Crippen LogP) is 3.09. The number of carbonyl (C=O) groups is 1. The number of thioether (sulfide) groups is 1. The number of H-pyrrole nitrogens is 1. The van der Waals surface area contributed by atoms with Crippen molar-refractivity contribution < 1.29 is 17.9 Å². The zero-order valence-electron chi connectivity index (χ0n) is 18.1. The highest BCUT2D eigenvalue weighted by atomic mass is 32.2. The van der Waals surface area contributed by atoms with E-state index in [1.807, 2.05) is 31.2 Å². The number of nitrogen functional groups attached to an aromatic ring is 1.